The van der Waals surface area contributed by atoms with E-state index in [4.69, 9.17) is 13.9 Å². The molecule has 0 fully saturated rings. The molecule has 23 heavy (non-hydrogen) atoms. The van der Waals surface area contributed by atoms with Gasteiger partial charge in [-0.15, -0.1) is 10.2 Å². The Kier molecular flexibility index (Phi) is 2.93. The Morgan fingerprint density at radius 3 is 2.96 bits per heavy atom. The van der Waals surface area contributed by atoms with Gasteiger partial charge in [-0.2, -0.15) is 5.10 Å². The molecule has 3 aromatic rings. The molecule has 4 rings (SSSR count). The number of nitrogens with zero attached hydrogens (tertiary/aromatic N) is 5. The Balaban J connectivity index is 1.55. The maximum Gasteiger partial charge on any atom is 0.307 e. The van der Waals surface area contributed by atoms with E-state index in [0.717, 1.165) is 6.20 Å². The maximum absolute atomic E-state index is 10.6. The van der Waals surface area contributed by atoms with Crippen molar-refractivity contribution in [3.63, 3.8) is 0 Å². The highest BCUT2D eigenvalue weighted by atomic mass is 16.7. The Labute approximate surface area is 128 Å². The van der Waals surface area contributed by atoms with Crippen molar-refractivity contribution in [3.8, 4) is 23.0 Å². The van der Waals surface area contributed by atoms with Crippen LogP contribution in [0.3, 0.4) is 0 Å². The van der Waals surface area contributed by atoms with E-state index < -0.39 is 4.92 Å². The molecule has 0 amide bonds. The maximum atomic E-state index is 10.6. The molecule has 1 aromatic carbocycles. The number of aromatic nitrogens is 4. The van der Waals surface area contributed by atoms with Gasteiger partial charge in [0.15, 0.2) is 11.5 Å². The summed E-state index contributed by atoms with van der Waals surface area (Å²) in [6, 6.07) is 5.29. The third-order valence-electron chi connectivity index (χ3n) is 3.21. The van der Waals surface area contributed by atoms with Crippen LogP contribution < -0.4 is 9.47 Å². The van der Waals surface area contributed by atoms with Crippen molar-refractivity contribution in [3.05, 3.63) is 46.6 Å². The first-order chi connectivity index (χ1) is 11.2. The third kappa shape index (κ3) is 2.46. The molecule has 0 saturated heterocycles. The molecule has 10 heteroatoms. The molecule has 0 bridgehead atoms. The Morgan fingerprint density at radius 2 is 2.13 bits per heavy atom. The summed E-state index contributed by atoms with van der Waals surface area (Å²) in [5, 5.41) is 22.4. The average Bonchev–Trinajstić information content (AvgIpc) is 3.27. The third-order valence-corrected chi connectivity index (χ3v) is 3.21. The highest BCUT2D eigenvalue weighted by molar-refractivity contribution is 5.60. The summed E-state index contributed by atoms with van der Waals surface area (Å²) in [7, 11) is 0. The molecular weight excluding hydrogens is 306 g/mol. The van der Waals surface area contributed by atoms with Crippen molar-refractivity contribution in [1.82, 2.24) is 20.0 Å². The number of nitro groups is 1. The van der Waals surface area contributed by atoms with Gasteiger partial charge in [-0.25, -0.2) is 0 Å². The van der Waals surface area contributed by atoms with E-state index in [0.29, 0.717) is 23.0 Å². The number of ether oxygens (including phenoxy) is 2. The molecule has 1 aliphatic heterocycles. The van der Waals surface area contributed by atoms with Gasteiger partial charge in [0.25, 0.3) is 0 Å². The molecule has 0 N–H and O–H groups in total. The highest BCUT2D eigenvalue weighted by Crippen LogP contribution is 2.35. The van der Waals surface area contributed by atoms with E-state index in [9.17, 15) is 10.1 Å². The van der Waals surface area contributed by atoms with Gasteiger partial charge in [0.1, 0.15) is 18.9 Å². The molecule has 0 radical (unpaired) electrons. The fraction of sp³-hybridized carbons (Fsp3) is 0.154. The summed E-state index contributed by atoms with van der Waals surface area (Å²) in [5.74, 6) is 1.89. The predicted molar refractivity (Wildman–Crippen MR) is 73.8 cm³/mol. The molecule has 0 unspecified atom stereocenters. The van der Waals surface area contributed by atoms with Crippen molar-refractivity contribution in [2.24, 2.45) is 0 Å². The molecule has 10 nitrogen and oxygen atoms in total. The van der Waals surface area contributed by atoms with Gasteiger partial charge in [-0.05, 0) is 18.2 Å². The molecule has 3 heterocycles. The van der Waals surface area contributed by atoms with E-state index in [2.05, 4.69) is 15.3 Å². The standard InChI is InChI=1S/C13H9N5O5/c19-18(20)9-4-14-17(5-9)6-12-15-16-13(23-12)8-1-2-10-11(3-8)22-7-21-10/h1-5H,6-7H2. The van der Waals surface area contributed by atoms with Crippen LogP contribution >= 0.6 is 0 Å². The first-order valence-corrected chi connectivity index (χ1v) is 6.58. The first kappa shape index (κ1) is 13.2. The monoisotopic (exact) mass is 315 g/mol. The minimum Gasteiger partial charge on any atom is -0.454 e. The van der Waals surface area contributed by atoms with E-state index in [1.54, 1.807) is 18.2 Å². The number of benzene rings is 1. The summed E-state index contributed by atoms with van der Waals surface area (Å²) < 4.78 is 17.4. The van der Waals surface area contributed by atoms with Crippen molar-refractivity contribution in [1.29, 1.82) is 0 Å². The lowest BCUT2D eigenvalue weighted by Crippen LogP contribution is -2.00. The number of rotatable bonds is 4. The van der Waals surface area contributed by atoms with Crippen LogP contribution in [0.15, 0.2) is 35.0 Å². The van der Waals surface area contributed by atoms with Crippen molar-refractivity contribution >= 4 is 5.69 Å². The van der Waals surface area contributed by atoms with Gasteiger partial charge in [0.05, 0.1) is 4.92 Å². The number of hydrogen-bond donors (Lipinski definition) is 0. The first-order valence-electron chi connectivity index (χ1n) is 6.58. The largest absolute Gasteiger partial charge is 0.454 e. The zero-order chi connectivity index (χ0) is 15.8. The predicted octanol–water partition coefficient (Wildman–Crippen LogP) is 1.62. The van der Waals surface area contributed by atoms with Crippen LogP contribution in [0, 0.1) is 10.1 Å². The van der Waals surface area contributed by atoms with Crippen LogP contribution in [0.4, 0.5) is 5.69 Å². The summed E-state index contributed by atoms with van der Waals surface area (Å²) in [5.41, 5.74) is 0.597. The zero-order valence-corrected chi connectivity index (χ0v) is 11.6. The minimum atomic E-state index is -0.518. The smallest absolute Gasteiger partial charge is 0.307 e. The molecule has 0 aliphatic carbocycles. The Bertz CT molecular complexity index is 887. The van der Waals surface area contributed by atoms with Gasteiger partial charge in [0, 0.05) is 5.56 Å². The summed E-state index contributed by atoms with van der Waals surface area (Å²) >= 11 is 0. The number of fused-ring (bicyclic) bond motifs is 1. The molecule has 0 spiro atoms. The van der Waals surface area contributed by atoms with Gasteiger partial charge in [-0.3, -0.25) is 14.8 Å². The lowest BCUT2D eigenvalue weighted by Gasteiger charge is -1.98. The normalized spacial score (nSPS) is 12.5. The van der Waals surface area contributed by atoms with Gasteiger partial charge in [-0.1, -0.05) is 0 Å². The SMILES string of the molecule is O=[N+]([O-])c1cnn(Cc2nnc(-c3ccc4c(c3)OCO4)o2)c1. The highest BCUT2D eigenvalue weighted by Gasteiger charge is 2.17. The Hall–Kier alpha value is -3.43. The lowest BCUT2D eigenvalue weighted by atomic mass is 10.2. The second-order valence-electron chi connectivity index (χ2n) is 4.72. The van der Waals surface area contributed by atoms with Crippen molar-refractivity contribution in [2.75, 3.05) is 6.79 Å². The molecule has 0 saturated carbocycles. The Morgan fingerprint density at radius 1 is 1.26 bits per heavy atom. The molecule has 116 valence electrons. The van der Waals surface area contributed by atoms with Crippen molar-refractivity contribution < 1.29 is 18.8 Å². The molecule has 0 atom stereocenters. The second-order valence-corrected chi connectivity index (χ2v) is 4.72. The van der Waals surface area contributed by atoms with Crippen LogP contribution in [0.5, 0.6) is 11.5 Å². The second kappa shape index (κ2) is 5.09. The van der Waals surface area contributed by atoms with Gasteiger partial charge >= 0.3 is 5.69 Å². The zero-order valence-electron chi connectivity index (χ0n) is 11.6. The molecule has 1 aliphatic rings. The molecular formula is C13H9N5O5. The average molecular weight is 315 g/mol. The van der Waals surface area contributed by atoms with Crippen LogP contribution in [0.1, 0.15) is 5.89 Å². The lowest BCUT2D eigenvalue weighted by molar-refractivity contribution is -0.385. The van der Waals surface area contributed by atoms with E-state index in [1.165, 1.54) is 10.9 Å². The topological polar surface area (TPSA) is 118 Å². The van der Waals surface area contributed by atoms with Crippen LogP contribution in [-0.4, -0.2) is 31.7 Å². The quantitative estimate of drug-likeness (QED) is 0.526. The van der Waals surface area contributed by atoms with E-state index >= 15 is 0 Å². The summed E-state index contributed by atoms with van der Waals surface area (Å²) in [6.45, 7) is 0.331. The summed E-state index contributed by atoms with van der Waals surface area (Å²) in [6.07, 6.45) is 2.46. The van der Waals surface area contributed by atoms with Gasteiger partial charge < -0.3 is 13.9 Å². The van der Waals surface area contributed by atoms with Crippen molar-refractivity contribution in [2.45, 2.75) is 6.54 Å². The van der Waals surface area contributed by atoms with E-state index in [1.807, 2.05) is 0 Å². The minimum absolute atomic E-state index is 0.0968. The van der Waals surface area contributed by atoms with Crippen LogP contribution in [0.25, 0.3) is 11.5 Å². The number of hydrogen-bond acceptors (Lipinski definition) is 8. The fourth-order valence-electron chi connectivity index (χ4n) is 2.14. The van der Waals surface area contributed by atoms with Gasteiger partial charge in [0.2, 0.25) is 18.6 Å². The van der Waals surface area contributed by atoms with Crippen LogP contribution in [-0.2, 0) is 6.54 Å². The molecule has 2 aromatic heterocycles. The van der Waals surface area contributed by atoms with E-state index in [-0.39, 0.29) is 24.9 Å². The fourth-order valence-corrected chi connectivity index (χ4v) is 2.14. The van der Waals surface area contributed by atoms with Crippen LogP contribution in [0.2, 0.25) is 0 Å². The summed E-state index contributed by atoms with van der Waals surface area (Å²) in [4.78, 5) is 10.1.